The smallest absolute Gasteiger partial charge is 0.115 e. The van der Waals surface area contributed by atoms with E-state index in [1.54, 1.807) is 5.56 Å². The van der Waals surface area contributed by atoms with Gasteiger partial charge in [-0.25, -0.2) is 0 Å². The molecule has 132 valence electrons. The van der Waals surface area contributed by atoms with E-state index in [4.69, 9.17) is 0 Å². The summed E-state index contributed by atoms with van der Waals surface area (Å²) in [5.74, 6) is 1.03. The van der Waals surface area contributed by atoms with E-state index >= 15 is 0 Å². The highest BCUT2D eigenvalue weighted by molar-refractivity contribution is 5.94. The Morgan fingerprint density at radius 2 is 1.30 bits per heavy atom. The van der Waals surface area contributed by atoms with Crippen LogP contribution in [0.3, 0.4) is 0 Å². The second kappa shape index (κ2) is 4.48. The minimum Gasteiger partial charge on any atom is -0.352 e. The van der Waals surface area contributed by atoms with Gasteiger partial charge < -0.3 is 14.7 Å². The average Bonchev–Trinajstić information content (AvgIpc) is 3.39. The third-order valence-electron chi connectivity index (χ3n) is 7.28. The van der Waals surface area contributed by atoms with Gasteiger partial charge in [0.15, 0.2) is 0 Å². The summed E-state index contributed by atoms with van der Waals surface area (Å²) < 4.78 is 0. The van der Waals surface area contributed by atoms with Crippen molar-refractivity contribution in [3.63, 3.8) is 0 Å². The molecule has 4 unspecified atom stereocenters. The number of benzene rings is 3. The van der Waals surface area contributed by atoms with E-state index in [0.29, 0.717) is 24.0 Å². The maximum atomic E-state index is 2.64. The van der Waals surface area contributed by atoms with E-state index in [2.05, 4.69) is 95.4 Å². The highest BCUT2D eigenvalue weighted by atomic mass is 15.4. The van der Waals surface area contributed by atoms with Crippen molar-refractivity contribution >= 4 is 28.4 Å². The van der Waals surface area contributed by atoms with Gasteiger partial charge in [-0.1, -0.05) is 43.3 Å². The van der Waals surface area contributed by atoms with Gasteiger partial charge in [0.25, 0.3) is 0 Å². The number of para-hydroxylation sites is 3. The monoisotopic (exact) mass is 351 g/mol. The molecule has 0 aromatic heterocycles. The van der Waals surface area contributed by atoms with Crippen LogP contribution < -0.4 is 14.7 Å². The minimum atomic E-state index is 0.366. The van der Waals surface area contributed by atoms with E-state index in [-0.39, 0.29) is 0 Å². The Balaban J connectivity index is 1.51. The summed E-state index contributed by atoms with van der Waals surface area (Å²) in [6.07, 6.45) is 0.366. The molecule has 0 spiro atoms. The van der Waals surface area contributed by atoms with Gasteiger partial charge >= 0.3 is 0 Å². The van der Waals surface area contributed by atoms with Crippen molar-refractivity contribution in [2.45, 2.75) is 31.0 Å². The quantitative estimate of drug-likeness (QED) is 0.542. The minimum absolute atomic E-state index is 0.366. The first kappa shape index (κ1) is 14.2. The Kier molecular flexibility index (Phi) is 2.35. The number of likely N-dealkylation sites (N-methyl/N-ethyl adjacent to an activating group) is 1. The summed E-state index contributed by atoms with van der Waals surface area (Å²) in [7, 11) is 2.27. The zero-order valence-electron chi connectivity index (χ0n) is 15.5. The molecule has 3 nitrogen and oxygen atoms in total. The van der Waals surface area contributed by atoms with Crippen LogP contribution in [0.15, 0.2) is 66.7 Å². The standard InChI is InChI=1S/C24H21N3/c1-14-15-8-3-4-9-16(15)26-19-12-7-13-20-21(19)22(23(14)26)24-25(2)17-10-5-6-11-18(17)27(20)24/h3-14,22-24H,1-2H3. The molecule has 4 aliphatic heterocycles. The molecule has 3 aromatic rings. The normalized spacial score (nSPS) is 28.1. The molecule has 0 fully saturated rings. The van der Waals surface area contributed by atoms with Crippen molar-refractivity contribution in [3.8, 4) is 0 Å². The maximum absolute atomic E-state index is 2.64. The summed E-state index contributed by atoms with van der Waals surface area (Å²) in [5.41, 5.74) is 9.97. The summed E-state index contributed by atoms with van der Waals surface area (Å²) in [6.45, 7) is 2.42. The molecular weight excluding hydrogens is 330 g/mol. The van der Waals surface area contributed by atoms with Crippen LogP contribution in [0.1, 0.15) is 29.9 Å². The predicted molar refractivity (Wildman–Crippen MR) is 111 cm³/mol. The topological polar surface area (TPSA) is 9.72 Å². The Morgan fingerprint density at radius 3 is 2.11 bits per heavy atom. The molecule has 3 aromatic carbocycles. The molecule has 4 atom stereocenters. The molecule has 27 heavy (non-hydrogen) atoms. The van der Waals surface area contributed by atoms with Gasteiger partial charge in [-0.05, 0) is 35.9 Å². The van der Waals surface area contributed by atoms with Crippen LogP contribution in [0.4, 0.5) is 28.4 Å². The van der Waals surface area contributed by atoms with Gasteiger partial charge in [-0.3, -0.25) is 0 Å². The van der Waals surface area contributed by atoms with Crippen molar-refractivity contribution in [1.82, 2.24) is 0 Å². The first-order valence-corrected chi connectivity index (χ1v) is 9.89. The number of anilines is 5. The van der Waals surface area contributed by atoms with Crippen LogP contribution in [-0.4, -0.2) is 19.3 Å². The summed E-state index contributed by atoms with van der Waals surface area (Å²) in [5, 5.41) is 0. The van der Waals surface area contributed by atoms with Gasteiger partial charge in [-0.15, -0.1) is 0 Å². The summed E-state index contributed by atoms with van der Waals surface area (Å²) >= 11 is 0. The summed E-state index contributed by atoms with van der Waals surface area (Å²) in [4.78, 5) is 7.73. The molecular formula is C24H21N3. The van der Waals surface area contributed by atoms with E-state index < -0.39 is 0 Å². The van der Waals surface area contributed by atoms with E-state index in [1.807, 2.05) is 0 Å². The molecule has 0 N–H and O–H groups in total. The first-order valence-electron chi connectivity index (χ1n) is 9.89. The van der Waals surface area contributed by atoms with E-state index in [0.717, 1.165) is 0 Å². The third-order valence-corrected chi connectivity index (χ3v) is 7.28. The van der Waals surface area contributed by atoms with Crippen LogP contribution in [0.2, 0.25) is 0 Å². The second-order valence-corrected chi connectivity index (χ2v) is 8.33. The van der Waals surface area contributed by atoms with Gasteiger partial charge in [0.1, 0.15) is 6.17 Å². The Bertz CT molecular complexity index is 1040. The fraction of sp³-hybridized carbons (Fsp3) is 0.250. The number of hydrogen-bond acceptors (Lipinski definition) is 3. The lowest BCUT2D eigenvalue weighted by atomic mass is 9.85. The third kappa shape index (κ3) is 1.41. The molecule has 0 saturated carbocycles. The molecule has 4 heterocycles. The van der Waals surface area contributed by atoms with Crippen molar-refractivity contribution in [3.05, 3.63) is 77.9 Å². The average molecular weight is 351 g/mol. The van der Waals surface area contributed by atoms with Crippen molar-refractivity contribution in [2.24, 2.45) is 0 Å². The maximum Gasteiger partial charge on any atom is 0.115 e. The first-order chi connectivity index (χ1) is 13.3. The van der Waals surface area contributed by atoms with Crippen LogP contribution in [0.25, 0.3) is 0 Å². The highest BCUT2D eigenvalue weighted by Crippen LogP contribution is 2.66. The number of rotatable bonds is 0. The lowest BCUT2D eigenvalue weighted by Crippen LogP contribution is -2.45. The van der Waals surface area contributed by atoms with Crippen LogP contribution >= 0.6 is 0 Å². The molecule has 0 aliphatic carbocycles. The van der Waals surface area contributed by atoms with Crippen LogP contribution in [0, 0.1) is 0 Å². The number of fused-ring (bicyclic) bond motifs is 10. The fourth-order valence-electron chi connectivity index (χ4n) is 6.32. The molecule has 0 saturated heterocycles. The molecule has 0 amide bonds. The summed E-state index contributed by atoms with van der Waals surface area (Å²) in [6, 6.07) is 25.2. The molecule has 0 bridgehead atoms. The Morgan fingerprint density at radius 1 is 0.667 bits per heavy atom. The molecule has 0 radical (unpaired) electrons. The van der Waals surface area contributed by atoms with Gasteiger partial charge in [0, 0.05) is 41.5 Å². The van der Waals surface area contributed by atoms with Crippen molar-refractivity contribution in [2.75, 3.05) is 21.7 Å². The second-order valence-electron chi connectivity index (χ2n) is 8.33. The predicted octanol–water partition coefficient (Wildman–Crippen LogP) is 5.34. The Hall–Kier alpha value is -2.94. The zero-order chi connectivity index (χ0) is 17.9. The number of nitrogens with zero attached hydrogens (tertiary/aromatic N) is 3. The zero-order valence-corrected chi connectivity index (χ0v) is 15.5. The van der Waals surface area contributed by atoms with E-state index in [9.17, 15) is 0 Å². The molecule has 7 rings (SSSR count). The van der Waals surface area contributed by atoms with Crippen molar-refractivity contribution < 1.29 is 0 Å². The lowest BCUT2D eigenvalue weighted by Gasteiger charge is -2.35. The van der Waals surface area contributed by atoms with Gasteiger partial charge in [0.05, 0.1) is 17.4 Å². The lowest BCUT2D eigenvalue weighted by molar-refractivity contribution is 0.459. The SMILES string of the molecule is CC1c2ccccc2N2c3cccc4c3C(C12)C1N(C)c2ccccc2N41. The van der Waals surface area contributed by atoms with Crippen LogP contribution in [0.5, 0.6) is 0 Å². The van der Waals surface area contributed by atoms with Crippen LogP contribution in [-0.2, 0) is 0 Å². The largest absolute Gasteiger partial charge is 0.352 e. The van der Waals surface area contributed by atoms with Gasteiger partial charge in [0.2, 0.25) is 0 Å². The van der Waals surface area contributed by atoms with E-state index in [1.165, 1.54) is 34.0 Å². The molecule has 3 heteroatoms. The number of hydrogen-bond donors (Lipinski definition) is 0. The van der Waals surface area contributed by atoms with Gasteiger partial charge in [-0.2, -0.15) is 0 Å². The van der Waals surface area contributed by atoms with Crippen molar-refractivity contribution in [1.29, 1.82) is 0 Å². The fourth-order valence-corrected chi connectivity index (χ4v) is 6.32. The molecule has 4 aliphatic rings. The Labute approximate surface area is 159 Å². The highest BCUT2D eigenvalue weighted by Gasteiger charge is 2.59.